The standard InChI is InChI=1S/C11H11ClN2O2/c12-11-2-1-10(9(7-13)14-11)16-8-3-5-15-6-4-8/h1-2,8H,3-6H2. The van der Waals surface area contributed by atoms with Gasteiger partial charge in [-0.3, -0.25) is 0 Å². The summed E-state index contributed by atoms with van der Waals surface area (Å²) < 4.78 is 10.9. The van der Waals surface area contributed by atoms with E-state index in [0.717, 1.165) is 12.8 Å². The van der Waals surface area contributed by atoms with Crippen molar-refractivity contribution in [2.75, 3.05) is 13.2 Å². The quantitative estimate of drug-likeness (QED) is 0.741. The van der Waals surface area contributed by atoms with Crippen molar-refractivity contribution >= 4 is 11.6 Å². The van der Waals surface area contributed by atoms with Gasteiger partial charge in [0.25, 0.3) is 0 Å². The highest BCUT2D eigenvalue weighted by Gasteiger charge is 2.17. The third-order valence-corrected chi connectivity index (χ3v) is 2.60. The van der Waals surface area contributed by atoms with Gasteiger partial charge in [0.2, 0.25) is 0 Å². The number of pyridine rings is 1. The number of nitrogens with zero attached hydrogens (tertiary/aromatic N) is 2. The Bertz CT molecular complexity index is 411. The van der Waals surface area contributed by atoms with Crippen molar-refractivity contribution in [3.63, 3.8) is 0 Å². The summed E-state index contributed by atoms with van der Waals surface area (Å²) in [5.41, 5.74) is 0.235. The number of aromatic nitrogens is 1. The molecule has 0 N–H and O–H groups in total. The molecule has 2 heterocycles. The van der Waals surface area contributed by atoms with Gasteiger partial charge < -0.3 is 9.47 Å². The summed E-state index contributed by atoms with van der Waals surface area (Å²) in [6.07, 6.45) is 1.78. The van der Waals surface area contributed by atoms with E-state index in [1.165, 1.54) is 0 Å². The van der Waals surface area contributed by atoms with Crippen molar-refractivity contribution < 1.29 is 9.47 Å². The minimum Gasteiger partial charge on any atom is -0.487 e. The monoisotopic (exact) mass is 238 g/mol. The van der Waals surface area contributed by atoms with Crippen LogP contribution in [0.5, 0.6) is 5.75 Å². The molecule has 0 unspecified atom stereocenters. The predicted octanol–water partition coefficient (Wildman–Crippen LogP) is 2.16. The molecule has 5 heteroatoms. The van der Waals surface area contributed by atoms with Crippen LogP contribution in [0.25, 0.3) is 0 Å². The van der Waals surface area contributed by atoms with E-state index in [1.54, 1.807) is 12.1 Å². The first-order valence-electron chi connectivity index (χ1n) is 5.10. The minimum atomic E-state index is 0.101. The number of rotatable bonds is 2. The molecule has 0 amide bonds. The van der Waals surface area contributed by atoms with Gasteiger partial charge in [-0.2, -0.15) is 5.26 Å². The lowest BCUT2D eigenvalue weighted by molar-refractivity contribution is 0.0253. The van der Waals surface area contributed by atoms with Crippen molar-refractivity contribution in [1.29, 1.82) is 5.26 Å². The van der Waals surface area contributed by atoms with Gasteiger partial charge in [0.1, 0.15) is 17.3 Å². The molecular formula is C11H11ClN2O2. The number of hydrogen-bond donors (Lipinski definition) is 0. The van der Waals surface area contributed by atoms with E-state index in [0.29, 0.717) is 24.1 Å². The van der Waals surface area contributed by atoms with Crippen molar-refractivity contribution in [2.24, 2.45) is 0 Å². The number of nitriles is 1. The predicted molar refractivity (Wildman–Crippen MR) is 58.4 cm³/mol. The topological polar surface area (TPSA) is 55.1 Å². The van der Waals surface area contributed by atoms with Gasteiger partial charge in [0.15, 0.2) is 11.4 Å². The Balaban J connectivity index is 2.11. The second-order valence-corrected chi connectivity index (χ2v) is 3.91. The Morgan fingerprint density at radius 1 is 1.44 bits per heavy atom. The van der Waals surface area contributed by atoms with Gasteiger partial charge >= 0.3 is 0 Å². The van der Waals surface area contributed by atoms with Crippen molar-refractivity contribution in [2.45, 2.75) is 18.9 Å². The number of ether oxygens (including phenoxy) is 2. The summed E-state index contributed by atoms with van der Waals surface area (Å²) in [5.74, 6) is 0.499. The molecule has 1 fully saturated rings. The maximum atomic E-state index is 8.90. The lowest BCUT2D eigenvalue weighted by Crippen LogP contribution is -2.26. The minimum absolute atomic E-state index is 0.101. The number of halogens is 1. The average molecular weight is 239 g/mol. The van der Waals surface area contributed by atoms with Gasteiger partial charge in [-0.05, 0) is 12.1 Å². The Hall–Kier alpha value is -1.31. The van der Waals surface area contributed by atoms with Gasteiger partial charge in [0.05, 0.1) is 13.2 Å². The van der Waals surface area contributed by atoms with E-state index >= 15 is 0 Å². The zero-order valence-electron chi connectivity index (χ0n) is 8.65. The lowest BCUT2D eigenvalue weighted by atomic mass is 10.1. The largest absolute Gasteiger partial charge is 0.487 e. The molecule has 84 valence electrons. The summed E-state index contributed by atoms with van der Waals surface area (Å²) in [6, 6.07) is 5.28. The fraction of sp³-hybridized carbons (Fsp3) is 0.455. The first kappa shape index (κ1) is 11.2. The van der Waals surface area contributed by atoms with Crippen LogP contribution in [0.2, 0.25) is 5.15 Å². The summed E-state index contributed by atoms with van der Waals surface area (Å²) in [5, 5.41) is 9.20. The van der Waals surface area contributed by atoms with E-state index in [2.05, 4.69) is 4.98 Å². The summed E-state index contributed by atoms with van der Waals surface area (Å²) in [6.45, 7) is 1.40. The first-order chi connectivity index (χ1) is 7.79. The second kappa shape index (κ2) is 5.15. The van der Waals surface area contributed by atoms with Crippen LogP contribution in [0.3, 0.4) is 0 Å². The van der Waals surface area contributed by atoms with Crippen LogP contribution in [0, 0.1) is 11.3 Å². The van der Waals surface area contributed by atoms with E-state index in [4.69, 9.17) is 26.3 Å². The zero-order chi connectivity index (χ0) is 11.4. The molecule has 1 aliphatic rings. The summed E-state index contributed by atoms with van der Waals surface area (Å²) >= 11 is 5.70. The summed E-state index contributed by atoms with van der Waals surface area (Å²) in [4.78, 5) is 3.91. The molecule has 1 aromatic rings. The van der Waals surface area contributed by atoms with Crippen LogP contribution >= 0.6 is 11.6 Å². The summed E-state index contributed by atoms with van der Waals surface area (Å²) in [7, 11) is 0. The highest BCUT2D eigenvalue weighted by molar-refractivity contribution is 6.29. The molecule has 0 saturated carbocycles. The van der Waals surface area contributed by atoms with Gasteiger partial charge in [0, 0.05) is 12.8 Å². The number of hydrogen-bond acceptors (Lipinski definition) is 4. The highest BCUT2D eigenvalue weighted by Crippen LogP contribution is 2.22. The van der Waals surface area contributed by atoms with Crippen LogP contribution in [-0.2, 0) is 4.74 Å². The molecule has 0 aliphatic carbocycles. The molecule has 2 rings (SSSR count). The van der Waals surface area contributed by atoms with Gasteiger partial charge in [-0.15, -0.1) is 0 Å². The van der Waals surface area contributed by atoms with E-state index in [1.807, 2.05) is 6.07 Å². The maximum Gasteiger partial charge on any atom is 0.184 e. The normalized spacial score (nSPS) is 16.8. The van der Waals surface area contributed by atoms with Gasteiger partial charge in [-0.25, -0.2) is 4.98 Å². The van der Waals surface area contributed by atoms with Crippen molar-refractivity contribution in [1.82, 2.24) is 4.98 Å². The van der Waals surface area contributed by atoms with Crippen LogP contribution in [0.1, 0.15) is 18.5 Å². The van der Waals surface area contributed by atoms with Crippen LogP contribution < -0.4 is 4.74 Å². The molecule has 1 saturated heterocycles. The molecular weight excluding hydrogens is 228 g/mol. The molecule has 0 aromatic carbocycles. The fourth-order valence-corrected chi connectivity index (χ4v) is 1.72. The fourth-order valence-electron chi connectivity index (χ4n) is 1.57. The zero-order valence-corrected chi connectivity index (χ0v) is 9.41. The molecule has 4 nitrogen and oxygen atoms in total. The third-order valence-electron chi connectivity index (χ3n) is 2.39. The second-order valence-electron chi connectivity index (χ2n) is 3.52. The van der Waals surface area contributed by atoms with Crippen molar-refractivity contribution in [3.8, 4) is 11.8 Å². The Morgan fingerprint density at radius 2 is 2.19 bits per heavy atom. The third kappa shape index (κ3) is 2.63. The Kier molecular flexibility index (Phi) is 3.60. The molecule has 0 atom stereocenters. The molecule has 1 aromatic heterocycles. The van der Waals surface area contributed by atoms with Crippen LogP contribution in [0.15, 0.2) is 12.1 Å². The van der Waals surface area contributed by atoms with E-state index < -0.39 is 0 Å². The smallest absolute Gasteiger partial charge is 0.184 e. The first-order valence-corrected chi connectivity index (χ1v) is 5.48. The van der Waals surface area contributed by atoms with Crippen LogP contribution in [0.4, 0.5) is 0 Å². The SMILES string of the molecule is N#Cc1nc(Cl)ccc1OC1CCOCC1. The van der Waals surface area contributed by atoms with Gasteiger partial charge in [-0.1, -0.05) is 11.6 Å². The average Bonchev–Trinajstić information content (AvgIpc) is 2.33. The molecule has 16 heavy (non-hydrogen) atoms. The maximum absolute atomic E-state index is 8.90. The lowest BCUT2D eigenvalue weighted by Gasteiger charge is -2.23. The van der Waals surface area contributed by atoms with Crippen molar-refractivity contribution in [3.05, 3.63) is 23.0 Å². The van der Waals surface area contributed by atoms with E-state index in [-0.39, 0.29) is 11.8 Å². The molecule has 0 radical (unpaired) electrons. The Labute approximate surface area is 98.8 Å². The Morgan fingerprint density at radius 3 is 2.88 bits per heavy atom. The highest BCUT2D eigenvalue weighted by atomic mass is 35.5. The van der Waals surface area contributed by atoms with E-state index in [9.17, 15) is 0 Å². The molecule has 0 bridgehead atoms. The molecule has 1 aliphatic heterocycles. The van der Waals surface area contributed by atoms with Crippen LogP contribution in [-0.4, -0.2) is 24.3 Å². The molecule has 0 spiro atoms.